The molecule has 3 aromatic rings. The number of carbonyl (C=O) groups is 2. The monoisotopic (exact) mass is 350 g/mol. The normalized spacial score (nSPS) is 10.2. The zero-order chi connectivity index (χ0) is 18.2. The molecule has 0 fully saturated rings. The van der Waals surface area contributed by atoms with Crippen LogP contribution in [0.25, 0.3) is 0 Å². The highest BCUT2D eigenvalue weighted by molar-refractivity contribution is 5.97. The van der Waals surface area contributed by atoms with Crippen molar-refractivity contribution in [3.05, 3.63) is 84.3 Å². The maximum atomic E-state index is 12.4. The van der Waals surface area contributed by atoms with Crippen molar-refractivity contribution >= 4 is 11.8 Å². The molecule has 0 atom stereocenters. The van der Waals surface area contributed by atoms with Gasteiger partial charge in [0.25, 0.3) is 11.8 Å². The standard InChI is InChI=1S/C20H18N2O4/c23-19(21-12-13-22-20(24)18-11-6-14-25-18)16-9-4-5-10-17(16)26-15-7-2-1-3-8-15/h1-11,14H,12-13H2,(H,21,23)(H,22,24). The fraction of sp³-hybridized carbons (Fsp3) is 0.100. The predicted octanol–water partition coefficient (Wildman–Crippen LogP) is 3.23. The van der Waals surface area contributed by atoms with Crippen molar-refractivity contribution in [1.82, 2.24) is 10.6 Å². The first-order chi connectivity index (χ1) is 12.7. The Kier molecular flexibility index (Phi) is 5.67. The van der Waals surface area contributed by atoms with E-state index in [9.17, 15) is 9.59 Å². The number of rotatable bonds is 7. The SMILES string of the molecule is O=C(NCCNC(=O)c1ccccc1Oc1ccccc1)c1ccco1. The van der Waals surface area contributed by atoms with E-state index in [1.54, 1.807) is 36.4 Å². The van der Waals surface area contributed by atoms with Gasteiger partial charge in [-0.3, -0.25) is 9.59 Å². The number of hydrogen-bond acceptors (Lipinski definition) is 4. The smallest absolute Gasteiger partial charge is 0.287 e. The third kappa shape index (κ3) is 4.51. The third-order valence-electron chi connectivity index (χ3n) is 3.54. The quantitative estimate of drug-likeness (QED) is 0.641. The zero-order valence-electron chi connectivity index (χ0n) is 14.0. The Balaban J connectivity index is 1.54. The Morgan fingerprint density at radius 2 is 1.50 bits per heavy atom. The van der Waals surface area contributed by atoms with Crippen LogP contribution >= 0.6 is 0 Å². The van der Waals surface area contributed by atoms with E-state index in [0.29, 0.717) is 17.1 Å². The molecule has 0 spiro atoms. The summed E-state index contributed by atoms with van der Waals surface area (Å²) in [5.41, 5.74) is 0.425. The number of furan rings is 1. The molecule has 0 aliphatic rings. The number of nitrogens with one attached hydrogen (secondary N) is 2. The molecule has 26 heavy (non-hydrogen) atoms. The molecule has 0 aliphatic carbocycles. The van der Waals surface area contributed by atoms with Crippen molar-refractivity contribution in [3.8, 4) is 11.5 Å². The van der Waals surface area contributed by atoms with Crippen LogP contribution in [0.2, 0.25) is 0 Å². The zero-order valence-corrected chi connectivity index (χ0v) is 14.0. The summed E-state index contributed by atoms with van der Waals surface area (Å²) < 4.78 is 10.8. The summed E-state index contributed by atoms with van der Waals surface area (Å²) >= 11 is 0. The summed E-state index contributed by atoms with van der Waals surface area (Å²) in [4.78, 5) is 24.1. The van der Waals surface area contributed by atoms with Crippen LogP contribution in [0.3, 0.4) is 0 Å². The molecule has 6 nitrogen and oxygen atoms in total. The Labute approximate surface area is 150 Å². The van der Waals surface area contributed by atoms with Gasteiger partial charge in [-0.15, -0.1) is 0 Å². The van der Waals surface area contributed by atoms with Crippen LogP contribution < -0.4 is 15.4 Å². The van der Waals surface area contributed by atoms with Gasteiger partial charge in [-0.1, -0.05) is 30.3 Å². The Bertz CT molecular complexity index is 861. The Hall–Kier alpha value is -3.54. The van der Waals surface area contributed by atoms with Crippen LogP contribution in [0.1, 0.15) is 20.9 Å². The average molecular weight is 350 g/mol. The Morgan fingerprint density at radius 3 is 2.23 bits per heavy atom. The second-order valence-electron chi connectivity index (χ2n) is 5.40. The molecule has 0 aliphatic heterocycles. The highest BCUT2D eigenvalue weighted by atomic mass is 16.5. The van der Waals surface area contributed by atoms with Gasteiger partial charge < -0.3 is 19.8 Å². The number of hydrogen-bond donors (Lipinski definition) is 2. The fourth-order valence-electron chi connectivity index (χ4n) is 2.30. The van der Waals surface area contributed by atoms with Crippen molar-refractivity contribution in [1.29, 1.82) is 0 Å². The fourth-order valence-corrected chi connectivity index (χ4v) is 2.30. The topological polar surface area (TPSA) is 80.6 Å². The lowest BCUT2D eigenvalue weighted by atomic mass is 10.2. The molecule has 132 valence electrons. The number of para-hydroxylation sites is 2. The first kappa shape index (κ1) is 17.3. The van der Waals surface area contributed by atoms with Crippen molar-refractivity contribution in [2.24, 2.45) is 0 Å². The molecule has 0 radical (unpaired) electrons. The highest BCUT2D eigenvalue weighted by Crippen LogP contribution is 2.24. The molecule has 2 aromatic carbocycles. The van der Waals surface area contributed by atoms with E-state index in [1.807, 2.05) is 30.3 Å². The summed E-state index contributed by atoms with van der Waals surface area (Å²) in [6, 6.07) is 19.5. The minimum atomic E-state index is -0.322. The maximum Gasteiger partial charge on any atom is 0.287 e. The molecule has 2 N–H and O–H groups in total. The summed E-state index contributed by atoms with van der Waals surface area (Å²) in [7, 11) is 0. The van der Waals surface area contributed by atoms with Crippen LogP contribution in [0, 0.1) is 0 Å². The van der Waals surface area contributed by atoms with E-state index in [-0.39, 0.29) is 30.7 Å². The van der Waals surface area contributed by atoms with Gasteiger partial charge in [-0.05, 0) is 36.4 Å². The van der Waals surface area contributed by atoms with Crippen LogP contribution in [0.15, 0.2) is 77.4 Å². The molecule has 6 heteroatoms. The summed E-state index contributed by atoms with van der Waals surface area (Å²) in [6.45, 7) is 0.567. The van der Waals surface area contributed by atoms with Gasteiger partial charge >= 0.3 is 0 Å². The summed E-state index contributed by atoms with van der Waals surface area (Å²) in [6.07, 6.45) is 1.43. The van der Waals surface area contributed by atoms with Gasteiger partial charge in [0.2, 0.25) is 0 Å². The summed E-state index contributed by atoms with van der Waals surface area (Å²) in [5.74, 6) is 0.757. The lowest BCUT2D eigenvalue weighted by Gasteiger charge is -2.11. The maximum absolute atomic E-state index is 12.4. The lowest BCUT2D eigenvalue weighted by Crippen LogP contribution is -2.34. The predicted molar refractivity (Wildman–Crippen MR) is 96.3 cm³/mol. The lowest BCUT2D eigenvalue weighted by molar-refractivity contribution is 0.0910. The minimum absolute atomic E-state index is 0.234. The van der Waals surface area contributed by atoms with Gasteiger partial charge in [-0.2, -0.15) is 0 Å². The summed E-state index contributed by atoms with van der Waals surface area (Å²) in [5, 5.41) is 5.43. The molecule has 3 rings (SSSR count). The van der Waals surface area contributed by atoms with E-state index in [2.05, 4.69) is 10.6 Å². The molecular formula is C20H18N2O4. The van der Waals surface area contributed by atoms with E-state index >= 15 is 0 Å². The van der Waals surface area contributed by atoms with Crippen molar-refractivity contribution < 1.29 is 18.7 Å². The molecule has 0 saturated heterocycles. The van der Waals surface area contributed by atoms with Gasteiger partial charge in [0, 0.05) is 13.1 Å². The van der Waals surface area contributed by atoms with Gasteiger partial charge in [0.1, 0.15) is 11.5 Å². The van der Waals surface area contributed by atoms with Crippen LogP contribution in [0.5, 0.6) is 11.5 Å². The van der Waals surface area contributed by atoms with E-state index < -0.39 is 0 Å². The highest BCUT2D eigenvalue weighted by Gasteiger charge is 2.13. The van der Waals surface area contributed by atoms with Crippen LogP contribution in [-0.2, 0) is 0 Å². The average Bonchev–Trinajstić information content (AvgIpc) is 3.21. The number of ether oxygens (including phenoxy) is 1. The second-order valence-corrected chi connectivity index (χ2v) is 5.40. The first-order valence-electron chi connectivity index (χ1n) is 8.16. The van der Waals surface area contributed by atoms with Crippen LogP contribution in [0.4, 0.5) is 0 Å². The van der Waals surface area contributed by atoms with Crippen LogP contribution in [-0.4, -0.2) is 24.9 Å². The molecule has 0 unspecified atom stereocenters. The second kappa shape index (κ2) is 8.53. The largest absolute Gasteiger partial charge is 0.459 e. The van der Waals surface area contributed by atoms with E-state index in [4.69, 9.17) is 9.15 Å². The van der Waals surface area contributed by atoms with Crippen molar-refractivity contribution in [2.45, 2.75) is 0 Å². The molecule has 0 saturated carbocycles. The van der Waals surface area contributed by atoms with Crippen molar-refractivity contribution in [3.63, 3.8) is 0 Å². The first-order valence-corrected chi connectivity index (χ1v) is 8.16. The van der Waals surface area contributed by atoms with Crippen molar-refractivity contribution in [2.75, 3.05) is 13.1 Å². The van der Waals surface area contributed by atoms with E-state index in [0.717, 1.165) is 0 Å². The number of benzene rings is 2. The third-order valence-corrected chi connectivity index (χ3v) is 3.54. The molecule has 1 aromatic heterocycles. The van der Waals surface area contributed by atoms with Gasteiger partial charge in [-0.25, -0.2) is 0 Å². The number of amides is 2. The Morgan fingerprint density at radius 1 is 0.808 bits per heavy atom. The molecular weight excluding hydrogens is 332 g/mol. The van der Waals surface area contributed by atoms with Gasteiger partial charge in [0.15, 0.2) is 5.76 Å². The molecule has 1 heterocycles. The number of carbonyl (C=O) groups excluding carboxylic acids is 2. The van der Waals surface area contributed by atoms with Gasteiger partial charge in [0.05, 0.1) is 11.8 Å². The van der Waals surface area contributed by atoms with E-state index in [1.165, 1.54) is 6.26 Å². The molecule has 0 bridgehead atoms. The minimum Gasteiger partial charge on any atom is -0.459 e. The molecule has 2 amide bonds.